The Balaban J connectivity index is 2.40. The predicted molar refractivity (Wildman–Crippen MR) is 68.5 cm³/mol. The van der Waals surface area contributed by atoms with E-state index in [1.54, 1.807) is 0 Å². The first-order chi connectivity index (χ1) is 8.65. The first-order valence-electron chi connectivity index (χ1n) is 6.43. The molecule has 4 nitrogen and oxygen atoms in total. The van der Waals surface area contributed by atoms with Crippen molar-refractivity contribution in [3.05, 3.63) is 28.8 Å². The van der Waals surface area contributed by atoms with E-state index < -0.39 is 0 Å². The van der Waals surface area contributed by atoms with Gasteiger partial charge in [-0.3, -0.25) is 9.59 Å². The van der Waals surface area contributed by atoms with Gasteiger partial charge < -0.3 is 9.15 Å². The van der Waals surface area contributed by atoms with Gasteiger partial charge in [-0.1, -0.05) is 39.5 Å². The highest BCUT2D eigenvalue weighted by Crippen LogP contribution is 2.13. The average molecular weight is 252 g/mol. The Labute approximate surface area is 107 Å². The van der Waals surface area contributed by atoms with Crippen molar-refractivity contribution in [2.45, 2.75) is 46.0 Å². The monoisotopic (exact) mass is 252 g/mol. The van der Waals surface area contributed by atoms with Crippen LogP contribution in [0.3, 0.4) is 0 Å². The van der Waals surface area contributed by atoms with Crippen molar-refractivity contribution in [3.63, 3.8) is 0 Å². The quantitative estimate of drug-likeness (QED) is 0.552. The van der Waals surface area contributed by atoms with Crippen LogP contribution < -0.4 is 10.2 Å². The topological polar surface area (TPSA) is 56.5 Å². The Morgan fingerprint density at radius 1 is 1.39 bits per heavy atom. The molecule has 100 valence electrons. The second-order valence-electron chi connectivity index (χ2n) is 4.46. The molecule has 0 radical (unpaired) electrons. The van der Waals surface area contributed by atoms with E-state index in [0.29, 0.717) is 0 Å². The first kappa shape index (κ1) is 14.5. The number of carbonyl (C=O) groups is 1. The lowest BCUT2D eigenvalue weighted by Gasteiger charge is -2.09. The van der Waals surface area contributed by atoms with Gasteiger partial charge in [0, 0.05) is 6.07 Å². The van der Waals surface area contributed by atoms with Crippen LogP contribution in [-0.2, 0) is 4.79 Å². The molecule has 1 aromatic rings. The Bertz CT molecular complexity index is 422. The minimum absolute atomic E-state index is 0.0390. The maximum Gasteiger partial charge on any atom is 0.314 e. The molecule has 18 heavy (non-hydrogen) atoms. The van der Waals surface area contributed by atoms with Crippen LogP contribution in [0, 0.1) is 5.92 Å². The summed E-state index contributed by atoms with van der Waals surface area (Å²) in [5, 5.41) is 0. The predicted octanol–water partition coefficient (Wildman–Crippen LogP) is 3.15. The molecule has 0 saturated carbocycles. The lowest BCUT2D eigenvalue weighted by atomic mass is 10.0. The Kier molecular flexibility index (Phi) is 6.19. The van der Waals surface area contributed by atoms with E-state index in [1.807, 2.05) is 6.92 Å². The second-order valence-corrected chi connectivity index (χ2v) is 4.46. The van der Waals surface area contributed by atoms with Gasteiger partial charge in [0.1, 0.15) is 6.26 Å². The van der Waals surface area contributed by atoms with Gasteiger partial charge in [-0.25, -0.2) is 0 Å². The van der Waals surface area contributed by atoms with Crippen molar-refractivity contribution in [2.24, 2.45) is 5.92 Å². The number of esters is 1. The number of hydrogen-bond acceptors (Lipinski definition) is 4. The molecule has 0 aliphatic heterocycles. The Morgan fingerprint density at radius 2 is 2.17 bits per heavy atom. The zero-order valence-electron chi connectivity index (χ0n) is 11.0. The summed E-state index contributed by atoms with van der Waals surface area (Å²) in [6.07, 6.45) is 7.69. The van der Waals surface area contributed by atoms with Crippen LogP contribution in [-0.4, -0.2) is 5.97 Å². The zero-order chi connectivity index (χ0) is 13.4. The smallest absolute Gasteiger partial charge is 0.314 e. The zero-order valence-corrected chi connectivity index (χ0v) is 11.0. The van der Waals surface area contributed by atoms with Crippen LogP contribution in [0.4, 0.5) is 0 Å². The van der Waals surface area contributed by atoms with Crippen LogP contribution in [0.25, 0.3) is 0 Å². The molecule has 1 unspecified atom stereocenters. The van der Waals surface area contributed by atoms with Crippen LogP contribution in [0.1, 0.15) is 46.0 Å². The fourth-order valence-electron chi connectivity index (χ4n) is 1.62. The number of rotatable bonds is 7. The molecule has 0 N–H and O–H groups in total. The number of carbonyl (C=O) groups excluding carboxylic acids is 1. The molecule has 1 aromatic heterocycles. The summed E-state index contributed by atoms with van der Waals surface area (Å²) in [4.78, 5) is 23.1. The van der Waals surface area contributed by atoms with Crippen LogP contribution >= 0.6 is 0 Å². The Morgan fingerprint density at radius 3 is 2.83 bits per heavy atom. The van der Waals surface area contributed by atoms with E-state index in [1.165, 1.54) is 25.2 Å². The van der Waals surface area contributed by atoms with Gasteiger partial charge in [-0.05, 0) is 6.42 Å². The SMILES string of the molecule is CCCCCCC(C)C(=O)Oc1coccc1=O. The van der Waals surface area contributed by atoms with Gasteiger partial charge in [0.2, 0.25) is 11.2 Å². The van der Waals surface area contributed by atoms with E-state index in [-0.39, 0.29) is 23.1 Å². The van der Waals surface area contributed by atoms with Gasteiger partial charge >= 0.3 is 5.97 Å². The third kappa shape index (κ3) is 4.73. The van der Waals surface area contributed by atoms with E-state index in [9.17, 15) is 9.59 Å². The molecule has 1 atom stereocenters. The van der Waals surface area contributed by atoms with Gasteiger partial charge in [0.05, 0.1) is 12.2 Å². The number of hydrogen-bond donors (Lipinski definition) is 0. The van der Waals surface area contributed by atoms with Crippen molar-refractivity contribution in [2.75, 3.05) is 0 Å². The summed E-state index contributed by atoms with van der Waals surface area (Å²) >= 11 is 0. The molecule has 0 saturated heterocycles. The molecule has 0 aliphatic rings. The molecule has 0 aromatic carbocycles. The molecule has 0 aliphatic carbocycles. The summed E-state index contributed by atoms with van der Waals surface area (Å²) < 4.78 is 9.82. The summed E-state index contributed by atoms with van der Waals surface area (Å²) in [6.45, 7) is 3.96. The van der Waals surface area contributed by atoms with Gasteiger partial charge in [0.15, 0.2) is 0 Å². The molecular formula is C14H20O4. The normalized spacial score (nSPS) is 12.1. The molecule has 0 bridgehead atoms. The molecule has 1 rings (SSSR count). The standard InChI is InChI=1S/C14H20O4/c1-3-4-5-6-7-11(2)14(16)18-13-10-17-9-8-12(13)15/h8-11H,3-7H2,1-2H3. The third-order valence-corrected chi connectivity index (χ3v) is 2.82. The van der Waals surface area contributed by atoms with E-state index in [2.05, 4.69) is 6.92 Å². The van der Waals surface area contributed by atoms with Crippen LogP contribution in [0.5, 0.6) is 5.75 Å². The summed E-state index contributed by atoms with van der Waals surface area (Å²) in [5.74, 6) is -0.602. The van der Waals surface area contributed by atoms with Crippen LogP contribution in [0.2, 0.25) is 0 Å². The highest BCUT2D eigenvalue weighted by atomic mass is 16.5. The summed E-state index contributed by atoms with van der Waals surface area (Å²) in [6, 6.07) is 1.23. The van der Waals surface area contributed by atoms with Gasteiger partial charge in [0.25, 0.3) is 0 Å². The fourth-order valence-corrected chi connectivity index (χ4v) is 1.62. The maximum atomic E-state index is 11.7. The third-order valence-electron chi connectivity index (χ3n) is 2.82. The molecule has 1 heterocycles. The lowest BCUT2D eigenvalue weighted by molar-refractivity contribution is -0.138. The van der Waals surface area contributed by atoms with Crippen LogP contribution in [0.15, 0.2) is 27.8 Å². The molecule has 0 amide bonds. The highest BCUT2D eigenvalue weighted by molar-refractivity contribution is 5.74. The number of ether oxygens (including phenoxy) is 1. The van der Waals surface area contributed by atoms with Gasteiger partial charge in [-0.2, -0.15) is 0 Å². The lowest BCUT2D eigenvalue weighted by Crippen LogP contribution is -2.20. The molecule has 0 fully saturated rings. The van der Waals surface area contributed by atoms with Crippen molar-refractivity contribution < 1.29 is 13.9 Å². The first-order valence-corrected chi connectivity index (χ1v) is 6.43. The largest absolute Gasteiger partial charge is 0.468 e. The fraction of sp³-hybridized carbons (Fsp3) is 0.571. The molecule has 0 spiro atoms. The van der Waals surface area contributed by atoms with Gasteiger partial charge in [-0.15, -0.1) is 0 Å². The van der Waals surface area contributed by atoms with E-state index in [0.717, 1.165) is 25.5 Å². The second kappa shape index (κ2) is 7.69. The van der Waals surface area contributed by atoms with E-state index >= 15 is 0 Å². The summed E-state index contributed by atoms with van der Waals surface area (Å²) in [7, 11) is 0. The average Bonchev–Trinajstić information content (AvgIpc) is 2.37. The maximum absolute atomic E-state index is 11.7. The Hall–Kier alpha value is -1.58. The highest BCUT2D eigenvalue weighted by Gasteiger charge is 2.16. The van der Waals surface area contributed by atoms with Crippen molar-refractivity contribution >= 4 is 5.97 Å². The van der Waals surface area contributed by atoms with Crippen molar-refractivity contribution in [3.8, 4) is 5.75 Å². The van der Waals surface area contributed by atoms with Crippen molar-refractivity contribution in [1.29, 1.82) is 0 Å². The summed E-state index contributed by atoms with van der Waals surface area (Å²) in [5.41, 5.74) is -0.340. The number of unbranched alkanes of at least 4 members (excludes halogenated alkanes) is 3. The van der Waals surface area contributed by atoms with Crippen molar-refractivity contribution in [1.82, 2.24) is 0 Å². The molecular weight excluding hydrogens is 232 g/mol. The van der Waals surface area contributed by atoms with E-state index in [4.69, 9.17) is 9.15 Å². The molecule has 4 heteroatoms. The minimum Gasteiger partial charge on any atom is -0.468 e. The minimum atomic E-state index is -0.370.